The summed E-state index contributed by atoms with van der Waals surface area (Å²) in [6, 6.07) is 9.16. The zero-order valence-corrected chi connectivity index (χ0v) is 12.0. The van der Waals surface area contributed by atoms with Gasteiger partial charge in [-0.25, -0.2) is 4.79 Å². The van der Waals surface area contributed by atoms with Crippen LogP contribution in [0.3, 0.4) is 0 Å². The van der Waals surface area contributed by atoms with Crippen molar-refractivity contribution in [2.45, 2.75) is 18.9 Å². The van der Waals surface area contributed by atoms with E-state index in [9.17, 15) is 4.79 Å². The van der Waals surface area contributed by atoms with Crippen LogP contribution >= 0.6 is 0 Å². The topological polar surface area (TPSA) is 59.4 Å². The Kier molecular flexibility index (Phi) is 4.59. The quantitative estimate of drug-likeness (QED) is 0.897. The van der Waals surface area contributed by atoms with E-state index in [1.54, 1.807) is 29.2 Å². The average Bonchev–Trinajstić information content (AvgIpc) is 2.48. The van der Waals surface area contributed by atoms with Crippen molar-refractivity contribution in [1.29, 1.82) is 5.26 Å². The molecule has 5 heteroatoms. The molecule has 1 aliphatic rings. The van der Waals surface area contributed by atoms with Gasteiger partial charge in [-0.15, -0.1) is 0 Å². The molecular formula is C15H20N4O. The molecule has 0 bridgehead atoms. The summed E-state index contributed by atoms with van der Waals surface area (Å²) in [7, 11) is 3.95. The van der Waals surface area contributed by atoms with Crippen LogP contribution in [0.15, 0.2) is 24.3 Å². The predicted octanol–water partition coefficient (Wildman–Crippen LogP) is 2.12. The van der Waals surface area contributed by atoms with E-state index in [1.165, 1.54) is 0 Å². The number of benzene rings is 1. The van der Waals surface area contributed by atoms with Crippen molar-refractivity contribution in [3.05, 3.63) is 29.8 Å². The number of nitriles is 1. The molecule has 5 nitrogen and oxygen atoms in total. The molecule has 0 atom stereocenters. The maximum absolute atomic E-state index is 12.2. The lowest BCUT2D eigenvalue weighted by molar-refractivity contribution is 0.156. The number of rotatable bonds is 2. The van der Waals surface area contributed by atoms with Crippen molar-refractivity contribution >= 4 is 11.7 Å². The van der Waals surface area contributed by atoms with E-state index in [2.05, 4.69) is 23.3 Å². The van der Waals surface area contributed by atoms with Crippen LogP contribution in [0.5, 0.6) is 0 Å². The third kappa shape index (κ3) is 3.49. The summed E-state index contributed by atoms with van der Waals surface area (Å²) in [6.45, 7) is 2.05. The number of piperidine rings is 1. The number of nitrogens with one attached hydrogen (secondary N) is 1. The van der Waals surface area contributed by atoms with Crippen LogP contribution in [0.1, 0.15) is 18.4 Å². The van der Waals surface area contributed by atoms with Gasteiger partial charge < -0.3 is 15.1 Å². The zero-order valence-electron chi connectivity index (χ0n) is 12.0. The predicted molar refractivity (Wildman–Crippen MR) is 78.5 cm³/mol. The molecular weight excluding hydrogens is 252 g/mol. The number of amides is 2. The second-order valence-corrected chi connectivity index (χ2v) is 5.26. The summed E-state index contributed by atoms with van der Waals surface area (Å²) in [5, 5.41) is 11.6. The Bertz CT molecular complexity index is 498. The first kappa shape index (κ1) is 14.4. The minimum atomic E-state index is -0.0933. The molecule has 0 saturated carbocycles. The van der Waals surface area contributed by atoms with E-state index in [4.69, 9.17) is 5.26 Å². The van der Waals surface area contributed by atoms with Crippen LogP contribution in [0.2, 0.25) is 0 Å². The lowest BCUT2D eigenvalue weighted by Crippen LogP contribution is -2.46. The number of urea groups is 1. The Balaban J connectivity index is 1.91. The van der Waals surface area contributed by atoms with E-state index in [0.717, 1.165) is 25.9 Å². The van der Waals surface area contributed by atoms with E-state index in [1.807, 2.05) is 7.05 Å². The molecule has 2 amide bonds. The Morgan fingerprint density at radius 3 is 2.50 bits per heavy atom. The van der Waals surface area contributed by atoms with Crippen molar-refractivity contribution in [2.75, 3.05) is 32.5 Å². The molecule has 1 fully saturated rings. The number of anilines is 1. The summed E-state index contributed by atoms with van der Waals surface area (Å²) in [4.78, 5) is 16.2. The van der Waals surface area contributed by atoms with Crippen LogP contribution in [0, 0.1) is 11.3 Å². The molecule has 1 saturated heterocycles. The highest BCUT2D eigenvalue weighted by atomic mass is 16.2. The van der Waals surface area contributed by atoms with E-state index in [0.29, 0.717) is 17.3 Å². The van der Waals surface area contributed by atoms with E-state index in [-0.39, 0.29) is 6.03 Å². The minimum Gasteiger partial charge on any atom is -0.325 e. The molecule has 1 aromatic rings. The summed E-state index contributed by atoms with van der Waals surface area (Å²) >= 11 is 0. The molecule has 0 aromatic heterocycles. The molecule has 1 aromatic carbocycles. The number of hydrogen-bond acceptors (Lipinski definition) is 3. The molecule has 0 unspecified atom stereocenters. The molecule has 0 radical (unpaired) electrons. The van der Waals surface area contributed by atoms with Gasteiger partial charge in [0.2, 0.25) is 0 Å². The Hall–Kier alpha value is -2.06. The van der Waals surface area contributed by atoms with Crippen molar-refractivity contribution in [3.8, 4) is 6.07 Å². The molecule has 20 heavy (non-hydrogen) atoms. The van der Waals surface area contributed by atoms with Gasteiger partial charge in [0.15, 0.2) is 0 Å². The van der Waals surface area contributed by atoms with E-state index < -0.39 is 0 Å². The largest absolute Gasteiger partial charge is 0.325 e. The molecule has 2 rings (SSSR count). The lowest BCUT2D eigenvalue weighted by atomic mass is 10.0. The normalized spacial score (nSPS) is 16.4. The average molecular weight is 272 g/mol. The highest BCUT2D eigenvalue weighted by Crippen LogP contribution is 2.16. The fourth-order valence-corrected chi connectivity index (χ4v) is 2.39. The monoisotopic (exact) mass is 272 g/mol. The van der Waals surface area contributed by atoms with Gasteiger partial charge in [-0.05, 0) is 57.2 Å². The Morgan fingerprint density at radius 1 is 1.35 bits per heavy atom. The van der Waals surface area contributed by atoms with Gasteiger partial charge in [-0.3, -0.25) is 0 Å². The van der Waals surface area contributed by atoms with Gasteiger partial charge in [0.25, 0.3) is 0 Å². The van der Waals surface area contributed by atoms with Crippen LogP contribution in [0.25, 0.3) is 0 Å². The Labute approximate surface area is 119 Å². The summed E-state index contributed by atoms with van der Waals surface area (Å²) in [6.07, 6.45) is 2.02. The molecule has 106 valence electrons. The third-order valence-corrected chi connectivity index (χ3v) is 3.82. The summed E-state index contributed by atoms with van der Waals surface area (Å²) in [5.74, 6) is 0. The zero-order chi connectivity index (χ0) is 14.5. The van der Waals surface area contributed by atoms with Crippen molar-refractivity contribution < 1.29 is 4.79 Å². The van der Waals surface area contributed by atoms with Gasteiger partial charge in [0.05, 0.1) is 11.6 Å². The van der Waals surface area contributed by atoms with Crippen LogP contribution in [-0.4, -0.2) is 49.1 Å². The van der Waals surface area contributed by atoms with Crippen molar-refractivity contribution in [1.82, 2.24) is 9.80 Å². The molecule has 1 aliphatic heterocycles. The van der Waals surface area contributed by atoms with Gasteiger partial charge in [0, 0.05) is 18.8 Å². The van der Waals surface area contributed by atoms with Gasteiger partial charge in [0.1, 0.15) is 0 Å². The summed E-state index contributed by atoms with van der Waals surface area (Å²) in [5.41, 5.74) is 1.31. The second-order valence-electron chi connectivity index (χ2n) is 5.26. The van der Waals surface area contributed by atoms with Gasteiger partial charge >= 0.3 is 6.03 Å². The molecule has 0 aliphatic carbocycles. The fraction of sp³-hybridized carbons (Fsp3) is 0.467. The van der Waals surface area contributed by atoms with Crippen LogP contribution in [0.4, 0.5) is 10.5 Å². The van der Waals surface area contributed by atoms with Crippen LogP contribution < -0.4 is 5.32 Å². The highest BCUT2D eigenvalue weighted by molar-refractivity contribution is 5.89. The number of hydrogen-bond donors (Lipinski definition) is 1. The molecule has 1 heterocycles. The Morgan fingerprint density at radius 2 is 1.95 bits per heavy atom. The van der Waals surface area contributed by atoms with Crippen molar-refractivity contribution in [2.24, 2.45) is 0 Å². The lowest BCUT2D eigenvalue weighted by Gasteiger charge is -2.35. The third-order valence-electron chi connectivity index (χ3n) is 3.82. The fourth-order valence-electron chi connectivity index (χ4n) is 2.39. The van der Waals surface area contributed by atoms with E-state index >= 15 is 0 Å². The first-order valence-electron chi connectivity index (χ1n) is 6.82. The molecule has 1 N–H and O–H groups in total. The number of likely N-dealkylation sites (tertiary alicyclic amines) is 1. The maximum Gasteiger partial charge on any atom is 0.321 e. The smallest absolute Gasteiger partial charge is 0.321 e. The summed E-state index contributed by atoms with van der Waals surface area (Å²) < 4.78 is 0. The standard InChI is InChI=1S/C15H20N4O/c1-18-9-7-14(8-10-18)19(2)15(20)17-13-5-3-12(11-16)4-6-13/h3-6,14H,7-10H2,1-2H3,(H,17,20). The maximum atomic E-state index is 12.2. The van der Waals surface area contributed by atoms with Crippen LogP contribution in [-0.2, 0) is 0 Å². The second kappa shape index (κ2) is 6.40. The minimum absolute atomic E-state index is 0.0933. The number of nitrogens with zero attached hydrogens (tertiary/aromatic N) is 3. The van der Waals surface area contributed by atoms with Crippen molar-refractivity contribution in [3.63, 3.8) is 0 Å². The first-order chi connectivity index (χ1) is 9.60. The number of carbonyl (C=O) groups is 1. The molecule has 0 spiro atoms. The first-order valence-corrected chi connectivity index (χ1v) is 6.82. The SMILES string of the molecule is CN1CCC(N(C)C(=O)Nc2ccc(C#N)cc2)CC1. The van der Waals surface area contributed by atoms with Gasteiger partial charge in [-0.1, -0.05) is 0 Å². The highest BCUT2D eigenvalue weighted by Gasteiger charge is 2.23. The number of carbonyl (C=O) groups excluding carboxylic acids is 1. The van der Waals surface area contributed by atoms with Gasteiger partial charge in [-0.2, -0.15) is 5.26 Å².